The van der Waals surface area contributed by atoms with Crippen molar-refractivity contribution in [2.75, 3.05) is 19.6 Å². The molecule has 1 saturated heterocycles. The molecule has 0 aromatic carbocycles. The Balaban J connectivity index is 0.00000133. The summed E-state index contributed by atoms with van der Waals surface area (Å²) in [5, 5.41) is 10.1. The van der Waals surface area contributed by atoms with Crippen molar-refractivity contribution in [3.63, 3.8) is 0 Å². The van der Waals surface area contributed by atoms with Crippen molar-refractivity contribution in [3.05, 3.63) is 17.5 Å². The lowest BCUT2D eigenvalue weighted by Gasteiger charge is -2.22. The van der Waals surface area contributed by atoms with Crippen LogP contribution < -0.4 is 10.6 Å². The quantitative estimate of drug-likeness (QED) is 0.884. The van der Waals surface area contributed by atoms with Crippen LogP contribution >= 0.6 is 12.4 Å². The number of nitrogens with one attached hydrogen (secondary N) is 2. The van der Waals surface area contributed by atoms with Gasteiger partial charge >= 0.3 is 0 Å². The number of rotatable bonds is 4. The highest BCUT2D eigenvalue weighted by atomic mass is 35.5. The molecule has 2 heterocycles. The van der Waals surface area contributed by atoms with Crippen LogP contribution in [0.3, 0.4) is 0 Å². The van der Waals surface area contributed by atoms with E-state index >= 15 is 0 Å². The van der Waals surface area contributed by atoms with Gasteiger partial charge < -0.3 is 15.2 Å². The molecule has 1 aliphatic heterocycles. The van der Waals surface area contributed by atoms with E-state index in [-0.39, 0.29) is 18.3 Å². The van der Waals surface area contributed by atoms with Gasteiger partial charge in [-0.1, -0.05) is 5.16 Å². The Bertz CT molecular complexity index is 425. The molecule has 0 radical (unpaired) electrons. The summed E-state index contributed by atoms with van der Waals surface area (Å²) in [6.07, 6.45) is 4.68. The van der Waals surface area contributed by atoms with Gasteiger partial charge in [-0.15, -0.1) is 12.4 Å². The molecule has 1 saturated carbocycles. The maximum absolute atomic E-state index is 11.9. The van der Waals surface area contributed by atoms with Crippen molar-refractivity contribution in [3.8, 4) is 0 Å². The van der Waals surface area contributed by atoms with E-state index in [1.807, 2.05) is 0 Å². The Kier molecular flexibility index (Phi) is 4.82. The van der Waals surface area contributed by atoms with Crippen LogP contribution in [0, 0.1) is 5.92 Å². The molecule has 1 atom stereocenters. The Hall–Kier alpha value is -1.07. The van der Waals surface area contributed by atoms with Crippen molar-refractivity contribution in [2.24, 2.45) is 5.92 Å². The molecule has 1 aromatic rings. The predicted molar refractivity (Wildman–Crippen MR) is 73.7 cm³/mol. The first-order valence-electron chi connectivity index (χ1n) is 6.78. The van der Waals surface area contributed by atoms with Gasteiger partial charge in [-0.3, -0.25) is 4.79 Å². The normalized spacial score (nSPS) is 22.6. The number of halogens is 1. The van der Waals surface area contributed by atoms with Crippen molar-refractivity contribution in [1.29, 1.82) is 0 Å². The number of carbonyl (C=O) groups excluding carboxylic acids is 1. The zero-order chi connectivity index (χ0) is 12.4. The summed E-state index contributed by atoms with van der Waals surface area (Å²) < 4.78 is 5.18. The summed E-state index contributed by atoms with van der Waals surface area (Å²) >= 11 is 0. The van der Waals surface area contributed by atoms with Crippen LogP contribution in [0.4, 0.5) is 0 Å². The van der Waals surface area contributed by atoms with Gasteiger partial charge in [0, 0.05) is 18.5 Å². The van der Waals surface area contributed by atoms with E-state index < -0.39 is 0 Å². The molecule has 6 heteroatoms. The minimum atomic E-state index is -0.115. The van der Waals surface area contributed by atoms with E-state index in [0.717, 1.165) is 38.2 Å². The van der Waals surface area contributed by atoms with Gasteiger partial charge in [0.25, 0.3) is 5.91 Å². The Morgan fingerprint density at radius 1 is 1.47 bits per heavy atom. The topological polar surface area (TPSA) is 67.2 Å². The standard InChI is InChI=1S/C13H19N3O2.ClH/c17-13(15-8-9-2-1-5-14-7-9)11-6-12(18-16-11)10-3-4-10;/h6,9-10,14H,1-5,7-8H2,(H,15,17);1H. The van der Waals surface area contributed by atoms with Crippen molar-refractivity contribution in [2.45, 2.75) is 31.6 Å². The zero-order valence-corrected chi connectivity index (χ0v) is 11.7. The third kappa shape index (κ3) is 3.70. The number of aromatic nitrogens is 1. The number of carbonyl (C=O) groups is 1. The highest BCUT2D eigenvalue weighted by Gasteiger charge is 2.29. The lowest BCUT2D eigenvalue weighted by atomic mass is 10.00. The summed E-state index contributed by atoms with van der Waals surface area (Å²) in [7, 11) is 0. The molecule has 106 valence electrons. The fourth-order valence-corrected chi connectivity index (χ4v) is 2.38. The maximum Gasteiger partial charge on any atom is 0.273 e. The fraction of sp³-hybridized carbons (Fsp3) is 0.692. The fourth-order valence-electron chi connectivity index (χ4n) is 2.38. The molecule has 2 fully saturated rings. The first kappa shape index (κ1) is 14.3. The highest BCUT2D eigenvalue weighted by Crippen LogP contribution is 2.40. The molecule has 2 N–H and O–H groups in total. The molecule has 1 aromatic heterocycles. The van der Waals surface area contributed by atoms with Gasteiger partial charge in [-0.05, 0) is 44.7 Å². The number of hydrogen-bond donors (Lipinski definition) is 2. The number of amides is 1. The van der Waals surface area contributed by atoms with Gasteiger partial charge in [0.1, 0.15) is 5.76 Å². The second-order valence-electron chi connectivity index (χ2n) is 5.31. The molecule has 5 nitrogen and oxygen atoms in total. The van der Waals surface area contributed by atoms with Crippen LogP contribution in [0.2, 0.25) is 0 Å². The van der Waals surface area contributed by atoms with Crippen LogP contribution in [0.1, 0.15) is 47.8 Å². The Morgan fingerprint density at radius 3 is 3.00 bits per heavy atom. The van der Waals surface area contributed by atoms with E-state index in [4.69, 9.17) is 4.52 Å². The summed E-state index contributed by atoms with van der Waals surface area (Å²) in [5.74, 6) is 1.79. The minimum Gasteiger partial charge on any atom is -0.360 e. The molecule has 0 spiro atoms. The molecule has 1 amide bonds. The van der Waals surface area contributed by atoms with Gasteiger partial charge in [0.2, 0.25) is 0 Å². The Morgan fingerprint density at radius 2 is 2.32 bits per heavy atom. The van der Waals surface area contributed by atoms with Crippen molar-refractivity contribution in [1.82, 2.24) is 15.8 Å². The van der Waals surface area contributed by atoms with E-state index in [0.29, 0.717) is 17.5 Å². The Labute approximate surface area is 118 Å². The monoisotopic (exact) mass is 285 g/mol. The van der Waals surface area contributed by atoms with Crippen LogP contribution in [0.25, 0.3) is 0 Å². The molecule has 1 unspecified atom stereocenters. The van der Waals surface area contributed by atoms with Crippen LogP contribution in [-0.2, 0) is 0 Å². The van der Waals surface area contributed by atoms with E-state index in [9.17, 15) is 4.79 Å². The van der Waals surface area contributed by atoms with Crippen LogP contribution in [-0.4, -0.2) is 30.7 Å². The van der Waals surface area contributed by atoms with Gasteiger partial charge in [0.15, 0.2) is 5.69 Å². The number of hydrogen-bond acceptors (Lipinski definition) is 4. The molecule has 1 aliphatic carbocycles. The van der Waals surface area contributed by atoms with E-state index in [2.05, 4.69) is 15.8 Å². The van der Waals surface area contributed by atoms with Crippen molar-refractivity contribution < 1.29 is 9.32 Å². The van der Waals surface area contributed by atoms with Gasteiger partial charge in [-0.25, -0.2) is 0 Å². The van der Waals surface area contributed by atoms with Crippen molar-refractivity contribution >= 4 is 18.3 Å². The summed E-state index contributed by atoms with van der Waals surface area (Å²) in [6, 6.07) is 1.78. The first-order chi connectivity index (χ1) is 8.83. The average Bonchev–Trinajstić information content (AvgIpc) is 3.15. The molecule has 3 rings (SSSR count). The minimum absolute atomic E-state index is 0. The molecule has 0 bridgehead atoms. The molecular formula is C13H20ClN3O2. The number of piperidine rings is 1. The lowest BCUT2D eigenvalue weighted by Crippen LogP contribution is -2.38. The predicted octanol–water partition coefficient (Wildman–Crippen LogP) is 1.70. The van der Waals surface area contributed by atoms with E-state index in [1.165, 1.54) is 12.8 Å². The summed E-state index contributed by atoms with van der Waals surface area (Å²) in [5.41, 5.74) is 0.417. The zero-order valence-electron chi connectivity index (χ0n) is 10.9. The largest absolute Gasteiger partial charge is 0.360 e. The second-order valence-corrected chi connectivity index (χ2v) is 5.31. The van der Waals surface area contributed by atoms with Gasteiger partial charge in [0.05, 0.1) is 0 Å². The first-order valence-corrected chi connectivity index (χ1v) is 6.78. The third-order valence-electron chi connectivity index (χ3n) is 3.69. The second kappa shape index (κ2) is 6.39. The van der Waals surface area contributed by atoms with Crippen LogP contribution in [0.15, 0.2) is 10.6 Å². The SMILES string of the molecule is Cl.O=C(NCC1CCCNC1)c1cc(C2CC2)on1. The molecule has 2 aliphatic rings. The molecular weight excluding hydrogens is 266 g/mol. The highest BCUT2D eigenvalue weighted by molar-refractivity contribution is 5.92. The average molecular weight is 286 g/mol. The molecule has 19 heavy (non-hydrogen) atoms. The van der Waals surface area contributed by atoms with Crippen LogP contribution in [0.5, 0.6) is 0 Å². The maximum atomic E-state index is 11.9. The van der Waals surface area contributed by atoms with Gasteiger partial charge in [-0.2, -0.15) is 0 Å². The smallest absolute Gasteiger partial charge is 0.273 e. The number of nitrogens with zero attached hydrogens (tertiary/aromatic N) is 1. The lowest BCUT2D eigenvalue weighted by molar-refractivity contribution is 0.0935. The summed E-state index contributed by atoms with van der Waals surface area (Å²) in [4.78, 5) is 11.9. The summed E-state index contributed by atoms with van der Waals surface area (Å²) in [6.45, 7) is 2.81. The third-order valence-corrected chi connectivity index (χ3v) is 3.69. The van der Waals surface area contributed by atoms with E-state index in [1.54, 1.807) is 6.07 Å².